The number of nitrogens with zero attached hydrogens (tertiary/aromatic N) is 2. The summed E-state index contributed by atoms with van der Waals surface area (Å²) >= 11 is 0. The van der Waals surface area contributed by atoms with E-state index in [0.717, 1.165) is 77.9 Å². The van der Waals surface area contributed by atoms with Crippen LogP contribution in [0.15, 0.2) is 437 Å². The molecule has 2 heteroatoms. The Balaban J connectivity index is 0.927. The van der Waals surface area contributed by atoms with Crippen LogP contribution in [-0.4, -0.2) is 0 Å². The zero-order chi connectivity index (χ0) is 73.9. The molecule has 0 aromatic heterocycles. The van der Waals surface area contributed by atoms with Crippen LogP contribution in [0.3, 0.4) is 0 Å². The molecule has 0 spiro atoms. The van der Waals surface area contributed by atoms with Gasteiger partial charge in [0.05, 0.1) is 33.6 Å². The lowest BCUT2D eigenvalue weighted by molar-refractivity contribution is 0.731. The normalized spacial score (nSPS) is 13.3. The second kappa shape index (κ2) is 26.2. The summed E-state index contributed by atoms with van der Waals surface area (Å²) in [6.07, 6.45) is 0. The summed E-state index contributed by atoms with van der Waals surface area (Å²) in [4.78, 5) is 5.13. The van der Waals surface area contributed by atoms with Gasteiger partial charge in [0, 0.05) is 22.5 Å². The molecule has 0 saturated carbocycles. The van der Waals surface area contributed by atoms with E-state index >= 15 is 0 Å². The Morgan fingerprint density at radius 3 is 0.741 bits per heavy atom. The average molecular weight is 1420 g/mol. The van der Waals surface area contributed by atoms with Crippen LogP contribution >= 0.6 is 0 Å². The number of hydrogen-bond acceptors (Lipinski definition) is 2. The summed E-state index contributed by atoms with van der Waals surface area (Å²) in [6, 6.07) is 165. The SMILES string of the molecule is c1ccc(N2c3ccccc3C(c3ccccc3)(c3ccccc3)c3cccc(-c4cccc5c(-c6c7cccc(-c8cccc9ccccc89)c7cc7c(-c8cccc9ccccc89)cccc67)c6cccc(-c7cccc8c7N(c7ccccc7)c7ccccc7C8(c7ccccc7)c7ccccc7)c6cc45)c32)cc1. The molecule has 522 valence electrons. The number of anilines is 6. The summed E-state index contributed by atoms with van der Waals surface area (Å²) in [5, 5.41) is 14.2. The molecule has 0 bridgehead atoms. The van der Waals surface area contributed by atoms with Crippen molar-refractivity contribution < 1.29 is 0 Å². The Kier molecular flexibility index (Phi) is 15.1. The number of hydrogen-bond donors (Lipinski definition) is 0. The standard InChI is InChI=1S/C110H72N2/c1-7-39-75(40-8-1)109(76-41-9-2-10-42-76)99-65-23-25-69-103(99)111(79-47-15-5-16-48-79)107-93(63-33-67-101(107)109)87-57-31-61-91-97(87)72-98-88(94-64-34-68-102-108(94)112(80-49-17-6-18-50-80)104-70-26-24-66-100(104)110(102,77-43-11-3-12-44-77)78-45-13-4-14-46-78)58-32-62-92(98)106(91)105-89-59-29-55-85(83-53-27-37-73-35-19-21-51-81(73)83)95(89)71-96-86(56-30-60-90(96)105)84-54-28-38-74-36-20-22-52-82(74)84/h1-72H. The van der Waals surface area contributed by atoms with E-state index in [4.69, 9.17) is 0 Å². The van der Waals surface area contributed by atoms with E-state index < -0.39 is 10.8 Å². The summed E-state index contributed by atoms with van der Waals surface area (Å²) in [6.45, 7) is 0. The fraction of sp³-hybridized carbons (Fsp3) is 0.0182. The molecule has 0 fully saturated rings. The first kappa shape index (κ1) is 64.7. The first-order valence-electron chi connectivity index (χ1n) is 39.0. The second-order valence-electron chi connectivity index (χ2n) is 29.9. The van der Waals surface area contributed by atoms with Crippen LogP contribution in [0.4, 0.5) is 34.1 Å². The molecular formula is C110H72N2. The smallest absolute Gasteiger partial charge is 0.0742 e. The number of benzene rings is 20. The summed E-state index contributed by atoms with van der Waals surface area (Å²) in [5.74, 6) is 0. The minimum absolute atomic E-state index is 0.749. The molecule has 0 amide bonds. The van der Waals surface area contributed by atoms with Gasteiger partial charge < -0.3 is 9.80 Å². The van der Waals surface area contributed by atoms with E-state index in [2.05, 4.69) is 447 Å². The first-order valence-corrected chi connectivity index (χ1v) is 39.0. The van der Waals surface area contributed by atoms with Gasteiger partial charge in [-0.2, -0.15) is 0 Å². The van der Waals surface area contributed by atoms with Crippen molar-refractivity contribution >= 4 is 98.8 Å². The first-order chi connectivity index (χ1) is 55.6. The highest BCUT2D eigenvalue weighted by molar-refractivity contribution is 6.29. The lowest BCUT2D eigenvalue weighted by Gasteiger charge is -2.47. The predicted octanol–water partition coefficient (Wildman–Crippen LogP) is 29.3. The quantitative estimate of drug-likeness (QED) is 0.119. The molecule has 0 aliphatic carbocycles. The maximum atomic E-state index is 2.59. The molecule has 0 N–H and O–H groups in total. The van der Waals surface area contributed by atoms with Gasteiger partial charge in [-0.3, -0.25) is 0 Å². The van der Waals surface area contributed by atoms with Gasteiger partial charge in [0.15, 0.2) is 0 Å². The molecule has 0 saturated heterocycles. The summed E-state index contributed by atoms with van der Waals surface area (Å²) < 4.78 is 0. The van der Waals surface area contributed by atoms with Crippen molar-refractivity contribution in [1.82, 2.24) is 0 Å². The van der Waals surface area contributed by atoms with E-state index in [0.29, 0.717) is 0 Å². The fourth-order valence-electron chi connectivity index (χ4n) is 19.9. The zero-order valence-electron chi connectivity index (χ0n) is 61.5. The van der Waals surface area contributed by atoms with Crippen LogP contribution in [-0.2, 0) is 10.8 Å². The number of fused-ring (bicyclic) bond motifs is 10. The third-order valence-electron chi connectivity index (χ3n) is 24.4. The molecule has 2 aliphatic heterocycles. The van der Waals surface area contributed by atoms with Gasteiger partial charge in [-0.25, -0.2) is 0 Å². The fourth-order valence-corrected chi connectivity index (χ4v) is 19.9. The molecule has 0 unspecified atom stereocenters. The summed E-state index contributed by atoms with van der Waals surface area (Å²) in [7, 11) is 0. The van der Waals surface area contributed by atoms with Gasteiger partial charge in [-0.05, 0) is 202 Å². The van der Waals surface area contributed by atoms with Crippen LogP contribution in [0.2, 0.25) is 0 Å². The molecule has 0 radical (unpaired) electrons. The van der Waals surface area contributed by atoms with Crippen LogP contribution < -0.4 is 9.80 Å². The van der Waals surface area contributed by atoms with Crippen LogP contribution in [0.5, 0.6) is 0 Å². The largest absolute Gasteiger partial charge is 0.309 e. The van der Waals surface area contributed by atoms with Crippen molar-refractivity contribution in [2.24, 2.45) is 0 Å². The number of para-hydroxylation sites is 6. The van der Waals surface area contributed by atoms with E-state index in [1.54, 1.807) is 0 Å². The van der Waals surface area contributed by atoms with E-state index in [-0.39, 0.29) is 0 Å². The maximum absolute atomic E-state index is 2.59. The van der Waals surface area contributed by atoms with Gasteiger partial charge in [0.25, 0.3) is 0 Å². The van der Waals surface area contributed by atoms with Crippen LogP contribution in [0.25, 0.3) is 120 Å². The number of rotatable bonds is 11. The van der Waals surface area contributed by atoms with Crippen molar-refractivity contribution in [3.63, 3.8) is 0 Å². The molecule has 22 rings (SSSR count). The topological polar surface area (TPSA) is 6.48 Å². The Bertz CT molecular complexity index is 6600. The minimum atomic E-state index is -0.749. The highest BCUT2D eigenvalue weighted by atomic mass is 15.2. The molecule has 20 aromatic carbocycles. The molecule has 2 heterocycles. The summed E-state index contributed by atoms with van der Waals surface area (Å²) in [5.41, 5.74) is 26.4. The van der Waals surface area contributed by atoms with Crippen molar-refractivity contribution in [3.8, 4) is 55.6 Å². The Morgan fingerprint density at radius 1 is 0.161 bits per heavy atom. The molecule has 2 nitrogen and oxygen atoms in total. The molecule has 2 aliphatic rings. The Hall–Kier alpha value is -14.4. The second-order valence-corrected chi connectivity index (χ2v) is 29.9. The van der Waals surface area contributed by atoms with Gasteiger partial charge in [0.1, 0.15) is 0 Å². The molecule has 112 heavy (non-hydrogen) atoms. The monoisotopic (exact) mass is 1420 g/mol. The highest BCUT2D eigenvalue weighted by Gasteiger charge is 2.49. The third-order valence-corrected chi connectivity index (χ3v) is 24.4. The van der Waals surface area contributed by atoms with Gasteiger partial charge >= 0.3 is 0 Å². The Morgan fingerprint density at radius 2 is 0.393 bits per heavy atom. The van der Waals surface area contributed by atoms with Crippen molar-refractivity contribution in [2.75, 3.05) is 9.80 Å². The maximum Gasteiger partial charge on any atom is 0.0742 e. The van der Waals surface area contributed by atoms with Crippen molar-refractivity contribution in [2.45, 2.75) is 10.8 Å². The highest BCUT2D eigenvalue weighted by Crippen LogP contribution is 2.64. The van der Waals surface area contributed by atoms with E-state index in [9.17, 15) is 0 Å². The molecule has 0 atom stereocenters. The minimum Gasteiger partial charge on any atom is -0.309 e. The molecule has 20 aromatic rings. The lowest BCUT2D eigenvalue weighted by atomic mass is 9.62. The van der Waals surface area contributed by atoms with Crippen molar-refractivity contribution in [3.05, 3.63) is 481 Å². The van der Waals surface area contributed by atoms with Gasteiger partial charge in [0.2, 0.25) is 0 Å². The zero-order valence-corrected chi connectivity index (χ0v) is 61.5. The average Bonchev–Trinajstić information content (AvgIpc) is 0.693. The van der Waals surface area contributed by atoms with Gasteiger partial charge in [-0.1, -0.05) is 388 Å². The van der Waals surface area contributed by atoms with E-state index in [1.165, 1.54) is 121 Å². The van der Waals surface area contributed by atoms with Crippen LogP contribution in [0, 0.1) is 0 Å². The predicted molar refractivity (Wildman–Crippen MR) is 472 cm³/mol. The Labute approximate surface area is 652 Å². The van der Waals surface area contributed by atoms with Crippen molar-refractivity contribution in [1.29, 1.82) is 0 Å². The molecular weight excluding hydrogens is 1350 g/mol. The van der Waals surface area contributed by atoms with E-state index in [1.807, 2.05) is 0 Å². The third kappa shape index (κ3) is 9.65. The van der Waals surface area contributed by atoms with Crippen LogP contribution in [0.1, 0.15) is 44.5 Å². The lowest BCUT2D eigenvalue weighted by Crippen LogP contribution is -2.38. The van der Waals surface area contributed by atoms with Gasteiger partial charge in [-0.15, -0.1) is 0 Å².